The summed E-state index contributed by atoms with van der Waals surface area (Å²) in [5, 5.41) is 11.6. The van der Waals surface area contributed by atoms with Crippen LogP contribution in [0.1, 0.15) is 66.0 Å². The lowest BCUT2D eigenvalue weighted by Crippen LogP contribution is -2.44. The minimum Gasteiger partial charge on any atom is -0.464 e. The highest BCUT2D eigenvalue weighted by atomic mass is 16.5. The number of ether oxygens (including phenoxy) is 1. The molecular formula is C30H36O3. The quantitative estimate of drug-likeness (QED) is 0.410. The standard InChI is InChI=1S/C30H36O3/c1-20-7-13-25(14-8-20)23(4)28(31)30(6,27-17-11-22(3)12-18-27)19-33-29(32)24(5)26-15-9-21(2)10-16-26/h7-18,23-24,28,31H,19H2,1-6H3. The lowest BCUT2D eigenvalue weighted by atomic mass is 9.72. The lowest BCUT2D eigenvalue weighted by Gasteiger charge is -2.38. The zero-order valence-electron chi connectivity index (χ0n) is 20.6. The summed E-state index contributed by atoms with van der Waals surface area (Å²) in [6.07, 6.45) is -0.745. The summed E-state index contributed by atoms with van der Waals surface area (Å²) in [6, 6.07) is 24.3. The fourth-order valence-corrected chi connectivity index (χ4v) is 4.22. The third-order valence-corrected chi connectivity index (χ3v) is 6.89. The molecule has 1 N–H and O–H groups in total. The Morgan fingerprint density at radius 1 is 0.788 bits per heavy atom. The summed E-state index contributed by atoms with van der Waals surface area (Å²) in [7, 11) is 0. The van der Waals surface area contributed by atoms with Gasteiger partial charge >= 0.3 is 5.97 Å². The van der Waals surface area contributed by atoms with E-state index in [1.165, 1.54) is 5.56 Å². The topological polar surface area (TPSA) is 46.5 Å². The number of esters is 1. The van der Waals surface area contributed by atoms with Crippen LogP contribution in [-0.2, 0) is 14.9 Å². The van der Waals surface area contributed by atoms with Crippen LogP contribution in [0, 0.1) is 20.8 Å². The molecule has 0 aliphatic heterocycles. The number of aliphatic hydroxyl groups excluding tert-OH is 1. The van der Waals surface area contributed by atoms with Crippen molar-refractivity contribution in [1.29, 1.82) is 0 Å². The lowest BCUT2D eigenvalue weighted by molar-refractivity contribution is -0.148. The second kappa shape index (κ2) is 10.4. The Bertz CT molecular complexity index is 1050. The van der Waals surface area contributed by atoms with Crippen molar-refractivity contribution in [1.82, 2.24) is 0 Å². The number of hydrogen-bond donors (Lipinski definition) is 1. The molecule has 0 aliphatic carbocycles. The van der Waals surface area contributed by atoms with E-state index in [1.807, 2.05) is 83.1 Å². The van der Waals surface area contributed by atoms with Crippen molar-refractivity contribution in [3.8, 4) is 0 Å². The van der Waals surface area contributed by atoms with Gasteiger partial charge in [-0.15, -0.1) is 0 Å². The van der Waals surface area contributed by atoms with Crippen LogP contribution in [0.25, 0.3) is 0 Å². The van der Waals surface area contributed by atoms with Gasteiger partial charge in [0.1, 0.15) is 6.61 Å². The molecule has 4 atom stereocenters. The molecule has 174 valence electrons. The summed E-state index contributed by atoms with van der Waals surface area (Å²) >= 11 is 0. The normalized spacial score (nSPS) is 15.8. The first-order chi connectivity index (χ1) is 15.6. The molecule has 0 spiro atoms. The Hall–Kier alpha value is -2.91. The zero-order valence-corrected chi connectivity index (χ0v) is 20.6. The number of rotatable bonds is 8. The van der Waals surface area contributed by atoms with Gasteiger partial charge in [-0.1, -0.05) is 96.4 Å². The summed E-state index contributed by atoms with van der Waals surface area (Å²) < 4.78 is 5.87. The molecule has 0 saturated heterocycles. The average molecular weight is 445 g/mol. The van der Waals surface area contributed by atoms with E-state index in [0.29, 0.717) is 0 Å². The van der Waals surface area contributed by atoms with Crippen LogP contribution in [0.15, 0.2) is 72.8 Å². The van der Waals surface area contributed by atoms with Crippen LogP contribution in [0.2, 0.25) is 0 Å². The predicted octanol–water partition coefficient (Wildman–Crippen LogP) is 6.38. The summed E-state index contributed by atoms with van der Waals surface area (Å²) in [5.74, 6) is -0.794. The number of carbonyl (C=O) groups excluding carboxylic acids is 1. The van der Waals surface area contributed by atoms with Crippen LogP contribution < -0.4 is 0 Å². The number of hydrogen-bond acceptors (Lipinski definition) is 3. The summed E-state index contributed by atoms with van der Waals surface area (Å²) in [5.41, 5.74) is 5.66. The van der Waals surface area contributed by atoms with Gasteiger partial charge < -0.3 is 9.84 Å². The summed E-state index contributed by atoms with van der Waals surface area (Å²) in [4.78, 5) is 13.0. The molecule has 3 nitrogen and oxygen atoms in total. The Morgan fingerprint density at radius 2 is 1.21 bits per heavy atom. The van der Waals surface area contributed by atoms with Crippen molar-refractivity contribution in [2.24, 2.45) is 0 Å². The van der Waals surface area contributed by atoms with Gasteiger partial charge in [0.05, 0.1) is 17.4 Å². The Kier molecular flexibility index (Phi) is 7.76. The van der Waals surface area contributed by atoms with Crippen LogP contribution >= 0.6 is 0 Å². The van der Waals surface area contributed by atoms with E-state index in [4.69, 9.17) is 4.74 Å². The van der Waals surface area contributed by atoms with Crippen molar-refractivity contribution < 1.29 is 14.6 Å². The van der Waals surface area contributed by atoms with Gasteiger partial charge in [-0.25, -0.2) is 0 Å². The highest BCUT2D eigenvalue weighted by molar-refractivity contribution is 5.77. The molecule has 0 radical (unpaired) electrons. The third kappa shape index (κ3) is 5.72. The largest absolute Gasteiger partial charge is 0.464 e. The first-order valence-corrected chi connectivity index (χ1v) is 11.7. The number of benzene rings is 3. The van der Waals surface area contributed by atoms with E-state index < -0.39 is 11.5 Å². The molecule has 0 aromatic heterocycles. The molecule has 0 aliphatic rings. The molecule has 3 heteroatoms. The van der Waals surface area contributed by atoms with E-state index in [0.717, 1.165) is 27.8 Å². The van der Waals surface area contributed by atoms with Crippen LogP contribution in [0.5, 0.6) is 0 Å². The highest BCUT2D eigenvalue weighted by Crippen LogP contribution is 2.37. The number of aliphatic hydroxyl groups is 1. The molecule has 0 saturated carbocycles. The second-order valence-corrected chi connectivity index (χ2v) is 9.67. The van der Waals surface area contributed by atoms with Gasteiger partial charge in [-0.3, -0.25) is 4.79 Å². The monoisotopic (exact) mass is 444 g/mol. The number of carbonyl (C=O) groups is 1. The predicted molar refractivity (Wildman–Crippen MR) is 135 cm³/mol. The van der Waals surface area contributed by atoms with E-state index >= 15 is 0 Å². The van der Waals surface area contributed by atoms with E-state index in [9.17, 15) is 9.90 Å². The highest BCUT2D eigenvalue weighted by Gasteiger charge is 2.40. The van der Waals surface area contributed by atoms with Gasteiger partial charge in [-0.2, -0.15) is 0 Å². The van der Waals surface area contributed by atoms with Gasteiger partial charge in [0.2, 0.25) is 0 Å². The molecule has 3 rings (SSSR count). The van der Waals surface area contributed by atoms with Gasteiger partial charge in [0, 0.05) is 5.92 Å². The Morgan fingerprint density at radius 3 is 1.70 bits per heavy atom. The smallest absolute Gasteiger partial charge is 0.313 e. The molecule has 3 aromatic rings. The van der Waals surface area contributed by atoms with Gasteiger partial charge in [-0.05, 0) is 51.3 Å². The van der Waals surface area contributed by atoms with Crippen molar-refractivity contribution in [3.05, 3.63) is 106 Å². The van der Waals surface area contributed by atoms with Gasteiger partial charge in [0.15, 0.2) is 0 Å². The zero-order chi connectivity index (χ0) is 24.2. The molecular weight excluding hydrogens is 408 g/mol. The molecule has 33 heavy (non-hydrogen) atoms. The van der Waals surface area contributed by atoms with Gasteiger partial charge in [0.25, 0.3) is 0 Å². The van der Waals surface area contributed by atoms with Crippen LogP contribution in [0.4, 0.5) is 0 Å². The molecule has 0 fully saturated rings. The molecule has 3 aromatic carbocycles. The van der Waals surface area contributed by atoms with E-state index in [2.05, 4.69) is 31.2 Å². The minimum absolute atomic E-state index is 0.0997. The minimum atomic E-state index is -0.763. The summed E-state index contributed by atoms with van der Waals surface area (Å²) in [6.45, 7) is 12.1. The average Bonchev–Trinajstić information content (AvgIpc) is 2.82. The molecule has 0 heterocycles. The maximum Gasteiger partial charge on any atom is 0.313 e. The first kappa shape index (κ1) is 24.7. The van der Waals surface area contributed by atoms with Crippen molar-refractivity contribution in [2.75, 3.05) is 6.61 Å². The fraction of sp³-hybridized carbons (Fsp3) is 0.367. The van der Waals surface area contributed by atoms with Crippen LogP contribution in [0.3, 0.4) is 0 Å². The van der Waals surface area contributed by atoms with Crippen molar-refractivity contribution in [2.45, 2.75) is 64.9 Å². The fourth-order valence-electron chi connectivity index (χ4n) is 4.22. The molecule has 4 unspecified atom stereocenters. The van der Waals surface area contributed by atoms with Crippen LogP contribution in [-0.4, -0.2) is 23.8 Å². The maximum absolute atomic E-state index is 13.0. The number of aryl methyl sites for hydroxylation is 3. The van der Waals surface area contributed by atoms with E-state index in [1.54, 1.807) is 0 Å². The third-order valence-electron chi connectivity index (χ3n) is 6.89. The Labute approximate surface area is 198 Å². The first-order valence-electron chi connectivity index (χ1n) is 11.7. The molecule has 0 bridgehead atoms. The second-order valence-electron chi connectivity index (χ2n) is 9.67. The Balaban J connectivity index is 1.85. The van der Waals surface area contributed by atoms with Crippen molar-refractivity contribution in [3.63, 3.8) is 0 Å². The maximum atomic E-state index is 13.0. The van der Waals surface area contributed by atoms with Crippen molar-refractivity contribution >= 4 is 5.97 Å². The molecule has 0 amide bonds. The SMILES string of the molecule is Cc1ccc(C(C)C(=O)OCC(C)(c2ccc(C)cc2)C(O)C(C)c2ccc(C)cc2)cc1. The van der Waals surface area contributed by atoms with E-state index in [-0.39, 0.29) is 24.4 Å².